The highest BCUT2D eigenvalue weighted by Gasteiger charge is 2.31. The van der Waals surface area contributed by atoms with Crippen molar-refractivity contribution >= 4 is 6.09 Å². The molecule has 6 nitrogen and oxygen atoms in total. The van der Waals surface area contributed by atoms with E-state index in [1.807, 2.05) is 121 Å². The van der Waals surface area contributed by atoms with Crippen LogP contribution >= 0.6 is 0 Å². The van der Waals surface area contributed by atoms with Gasteiger partial charge in [-0.3, -0.25) is 0 Å². The van der Waals surface area contributed by atoms with Gasteiger partial charge in [-0.1, -0.05) is 127 Å². The number of ether oxygens (including phenoxy) is 4. The van der Waals surface area contributed by atoms with Crippen molar-refractivity contribution in [2.45, 2.75) is 44.7 Å². The lowest BCUT2D eigenvalue weighted by Gasteiger charge is -2.32. The molecule has 6 heteroatoms. The van der Waals surface area contributed by atoms with Crippen molar-refractivity contribution in [1.82, 2.24) is 5.32 Å². The molecule has 0 saturated heterocycles. The van der Waals surface area contributed by atoms with Crippen LogP contribution in [0.1, 0.15) is 22.3 Å². The first kappa shape index (κ1) is 29.7. The van der Waals surface area contributed by atoms with Gasteiger partial charge in [-0.05, 0) is 22.3 Å². The van der Waals surface area contributed by atoms with E-state index in [2.05, 4.69) is 11.9 Å². The summed E-state index contributed by atoms with van der Waals surface area (Å²) in [6.45, 7) is 5.41. The first-order valence-electron chi connectivity index (χ1n) is 13.7. The van der Waals surface area contributed by atoms with Crippen LogP contribution in [0.15, 0.2) is 134 Å². The highest BCUT2D eigenvalue weighted by atomic mass is 16.6. The summed E-state index contributed by atoms with van der Waals surface area (Å²) in [7, 11) is 0. The maximum absolute atomic E-state index is 12.7. The molecule has 41 heavy (non-hydrogen) atoms. The maximum Gasteiger partial charge on any atom is 0.407 e. The normalized spacial score (nSPS) is 13.1. The number of hydrogen-bond donors (Lipinski definition) is 1. The Hall–Kier alpha value is -4.23. The number of carbonyl (C=O) groups excluding carboxylic acids is 1. The molecular formula is C35H37NO5. The van der Waals surface area contributed by atoms with Crippen molar-refractivity contribution in [3.8, 4) is 0 Å². The average molecular weight is 552 g/mol. The number of carbonyl (C=O) groups is 1. The average Bonchev–Trinajstić information content (AvgIpc) is 3.04. The van der Waals surface area contributed by atoms with Crippen LogP contribution in [0, 0.1) is 0 Å². The summed E-state index contributed by atoms with van der Waals surface area (Å²) in [4.78, 5) is 12.7. The third-order valence-corrected chi connectivity index (χ3v) is 6.46. The van der Waals surface area contributed by atoms with Crippen LogP contribution in [0.3, 0.4) is 0 Å². The molecule has 1 N–H and O–H groups in total. The van der Waals surface area contributed by atoms with Crippen molar-refractivity contribution < 1.29 is 23.7 Å². The van der Waals surface area contributed by atoms with Gasteiger partial charge in [0, 0.05) is 6.54 Å². The second-order valence-electron chi connectivity index (χ2n) is 9.54. The first-order valence-corrected chi connectivity index (χ1v) is 13.7. The van der Waals surface area contributed by atoms with E-state index in [4.69, 9.17) is 18.9 Å². The molecule has 1 amide bonds. The minimum Gasteiger partial charge on any atom is -0.445 e. The molecule has 4 aromatic carbocycles. The molecule has 0 bridgehead atoms. The van der Waals surface area contributed by atoms with Crippen LogP contribution in [0.2, 0.25) is 0 Å². The summed E-state index contributed by atoms with van der Waals surface area (Å²) >= 11 is 0. The molecule has 4 aromatic rings. The first-order chi connectivity index (χ1) is 20.2. The highest BCUT2D eigenvalue weighted by Crippen LogP contribution is 2.19. The van der Waals surface area contributed by atoms with Crippen LogP contribution in [0.25, 0.3) is 0 Å². The van der Waals surface area contributed by atoms with Crippen molar-refractivity contribution in [3.05, 3.63) is 156 Å². The molecule has 0 heterocycles. The maximum atomic E-state index is 12.7. The zero-order valence-corrected chi connectivity index (χ0v) is 23.1. The zero-order chi connectivity index (χ0) is 28.5. The monoisotopic (exact) mass is 551 g/mol. The van der Waals surface area contributed by atoms with Crippen LogP contribution in [0.5, 0.6) is 0 Å². The van der Waals surface area contributed by atoms with Crippen LogP contribution in [-0.2, 0) is 45.4 Å². The molecule has 0 aromatic heterocycles. The lowest BCUT2D eigenvalue weighted by atomic mass is 10.1. The Bertz CT molecular complexity index is 1290. The molecule has 212 valence electrons. The Balaban J connectivity index is 1.49. The van der Waals surface area contributed by atoms with Gasteiger partial charge in [0.2, 0.25) is 0 Å². The van der Waals surface area contributed by atoms with Crippen molar-refractivity contribution in [2.24, 2.45) is 0 Å². The number of amides is 1. The second-order valence-corrected chi connectivity index (χ2v) is 9.54. The van der Waals surface area contributed by atoms with Gasteiger partial charge in [0.1, 0.15) is 24.9 Å². The molecule has 0 aliphatic heterocycles. The quantitative estimate of drug-likeness (QED) is 0.154. The molecule has 4 rings (SSSR count). The van der Waals surface area contributed by atoms with E-state index in [0.717, 1.165) is 22.3 Å². The predicted octanol–water partition coefficient (Wildman–Crippen LogP) is 6.86. The lowest BCUT2D eigenvalue weighted by molar-refractivity contribution is -0.136. The van der Waals surface area contributed by atoms with Gasteiger partial charge in [0.05, 0.1) is 19.8 Å². The summed E-state index contributed by atoms with van der Waals surface area (Å²) in [5, 5.41) is 2.86. The Labute approximate surface area is 242 Å². The van der Waals surface area contributed by atoms with E-state index < -0.39 is 24.4 Å². The number of benzene rings is 4. The van der Waals surface area contributed by atoms with Crippen molar-refractivity contribution in [3.63, 3.8) is 0 Å². The van der Waals surface area contributed by atoms with E-state index >= 15 is 0 Å². The lowest BCUT2D eigenvalue weighted by Crippen LogP contribution is -2.47. The summed E-state index contributed by atoms with van der Waals surface area (Å²) in [5.41, 5.74) is 3.96. The summed E-state index contributed by atoms with van der Waals surface area (Å²) < 4.78 is 24.6. The molecule has 0 spiro atoms. The Morgan fingerprint density at radius 3 is 1.49 bits per heavy atom. The third-order valence-electron chi connectivity index (χ3n) is 6.46. The SMILES string of the molecule is C=C[C@@H](OCc1ccccc1)[C@H](OCc1ccccc1)[C@@H](CNC(=O)OCc1ccccc1)OCc1ccccc1. The fourth-order valence-electron chi connectivity index (χ4n) is 4.25. The molecular weight excluding hydrogens is 514 g/mol. The number of alkyl carbamates (subject to hydrolysis) is 1. The Kier molecular flexibility index (Phi) is 12.2. The van der Waals surface area contributed by atoms with Crippen molar-refractivity contribution in [1.29, 1.82) is 0 Å². The Morgan fingerprint density at radius 2 is 1.02 bits per heavy atom. The van der Waals surface area contributed by atoms with Crippen LogP contribution in [0.4, 0.5) is 4.79 Å². The number of rotatable bonds is 16. The van der Waals surface area contributed by atoms with Gasteiger partial charge in [-0.25, -0.2) is 4.79 Å². The van der Waals surface area contributed by atoms with E-state index in [-0.39, 0.29) is 13.2 Å². The highest BCUT2D eigenvalue weighted by molar-refractivity contribution is 5.67. The number of hydrogen-bond acceptors (Lipinski definition) is 5. The molecule has 0 fully saturated rings. The fourth-order valence-corrected chi connectivity index (χ4v) is 4.25. The molecule has 0 radical (unpaired) electrons. The van der Waals surface area contributed by atoms with E-state index in [9.17, 15) is 4.79 Å². The van der Waals surface area contributed by atoms with Crippen molar-refractivity contribution in [2.75, 3.05) is 6.54 Å². The minimum atomic E-state index is -0.574. The van der Waals surface area contributed by atoms with E-state index in [1.54, 1.807) is 6.08 Å². The molecule has 3 atom stereocenters. The molecule has 0 saturated carbocycles. The van der Waals surface area contributed by atoms with Crippen LogP contribution < -0.4 is 5.32 Å². The van der Waals surface area contributed by atoms with Gasteiger partial charge in [-0.2, -0.15) is 0 Å². The second kappa shape index (κ2) is 16.8. The van der Waals surface area contributed by atoms with E-state index in [1.165, 1.54) is 0 Å². The van der Waals surface area contributed by atoms with Gasteiger partial charge in [-0.15, -0.1) is 6.58 Å². The standard InChI is InChI=1S/C35H37NO5/c1-2-32(38-24-28-15-7-3-8-16-28)34(40-26-30-19-11-5-12-20-30)33(39-25-29-17-9-4-10-18-29)23-36-35(37)41-27-31-21-13-6-14-22-31/h2-22,32-34H,1,23-27H2,(H,36,37)/t32-,33-,34+/m1/s1. The summed E-state index contributed by atoms with van der Waals surface area (Å²) in [5.74, 6) is 0. The minimum absolute atomic E-state index is 0.152. The van der Waals surface area contributed by atoms with Gasteiger partial charge < -0.3 is 24.3 Å². The van der Waals surface area contributed by atoms with Gasteiger partial charge in [0.15, 0.2) is 0 Å². The summed E-state index contributed by atoms with van der Waals surface area (Å²) in [6, 6.07) is 39.3. The smallest absolute Gasteiger partial charge is 0.407 e. The molecule has 0 unspecified atom stereocenters. The molecule has 0 aliphatic rings. The Morgan fingerprint density at radius 1 is 0.610 bits per heavy atom. The largest absolute Gasteiger partial charge is 0.445 e. The third kappa shape index (κ3) is 10.4. The summed E-state index contributed by atoms with van der Waals surface area (Å²) in [6.07, 6.45) is -0.465. The number of nitrogens with one attached hydrogen (secondary N) is 1. The van der Waals surface area contributed by atoms with E-state index in [0.29, 0.717) is 19.8 Å². The van der Waals surface area contributed by atoms with Crippen LogP contribution in [-0.4, -0.2) is 30.9 Å². The molecule has 0 aliphatic carbocycles. The fraction of sp³-hybridized carbons (Fsp3) is 0.229. The predicted molar refractivity (Wildman–Crippen MR) is 160 cm³/mol. The van der Waals surface area contributed by atoms with Gasteiger partial charge >= 0.3 is 6.09 Å². The topological polar surface area (TPSA) is 66.0 Å². The zero-order valence-electron chi connectivity index (χ0n) is 23.1. The van der Waals surface area contributed by atoms with Gasteiger partial charge in [0.25, 0.3) is 0 Å².